The number of para-hydroxylation sites is 1. The maximum atomic E-state index is 5.53. The third kappa shape index (κ3) is 3.30. The number of anilines is 1. The molecule has 0 unspecified atom stereocenters. The highest BCUT2D eigenvalue weighted by molar-refractivity contribution is 7.80. The quantitative estimate of drug-likeness (QED) is 0.809. The summed E-state index contributed by atoms with van der Waals surface area (Å²) in [7, 11) is 0. The molecule has 114 valence electrons. The molecule has 2 nitrogen and oxygen atoms in total. The van der Waals surface area contributed by atoms with Gasteiger partial charge in [-0.1, -0.05) is 49.4 Å². The molecule has 0 radical (unpaired) electrons. The molecule has 3 heteroatoms. The van der Waals surface area contributed by atoms with Crippen LogP contribution in [-0.4, -0.2) is 5.11 Å². The average molecular weight is 310 g/mol. The van der Waals surface area contributed by atoms with Gasteiger partial charge in [-0.05, 0) is 60.7 Å². The molecule has 0 spiro atoms. The summed E-state index contributed by atoms with van der Waals surface area (Å²) in [6, 6.07) is 17.3. The molecule has 0 aliphatic heterocycles. The first kappa shape index (κ1) is 15.0. The second-order valence-corrected chi connectivity index (χ2v) is 6.16. The Balaban J connectivity index is 1.70. The van der Waals surface area contributed by atoms with Crippen molar-refractivity contribution in [3.05, 3.63) is 65.2 Å². The van der Waals surface area contributed by atoms with Crippen LogP contribution in [0.4, 0.5) is 5.69 Å². The maximum Gasteiger partial charge on any atom is 0.171 e. The molecule has 22 heavy (non-hydrogen) atoms. The van der Waals surface area contributed by atoms with E-state index in [-0.39, 0.29) is 0 Å². The SMILES string of the molecule is CCc1ccccc1NC(=S)N[C@@H]1CCCc2ccccc21. The molecule has 1 aliphatic carbocycles. The summed E-state index contributed by atoms with van der Waals surface area (Å²) >= 11 is 5.53. The van der Waals surface area contributed by atoms with Crippen LogP contribution in [0.3, 0.4) is 0 Å². The van der Waals surface area contributed by atoms with Crippen molar-refractivity contribution in [2.24, 2.45) is 0 Å². The predicted molar refractivity (Wildman–Crippen MR) is 97.3 cm³/mol. The van der Waals surface area contributed by atoms with Crippen LogP contribution in [-0.2, 0) is 12.8 Å². The molecule has 0 saturated carbocycles. The molecule has 0 fully saturated rings. The maximum absolute atomic E-state index is 5.53. The molecule has 0 aromatic heterocycles. The number of rotatable bonds is 3. The fraction of sp³-hybridized carbons (Fsp3) is 0.316. The smallest absolute Gasteiger partial charge is 0.171 e. The van der Waals surface area contributed by atoms with Crippen molar-refractivity contribution in [2.75, 3.05) is 5.32 Å². The Morgan fingerprint density at radius 2 is 1.91 bits per heavy atom. The molecule has 1 aliphatic rings. The number of hydrogen-bond acceptors (Lipinski definition) is 1. The lowest BCUT2D eigenvalue weighted by molar-refractivity contribution is 0.529. The topological polar surface area (TPSA) is 24.1 Å². The van der Waals surface area contributed by atoms with Crippen LogP contribution in [0.1, 0.15) is 42.5 Å². The molecule has 1 atom stereocenters. The summed E-state index contributed by atoms with van der Waals surface area (Å²) < 4.78 is 0. The van der Waals surface area contributed by atoms with Gasteiger partial charge in [0.25, 0.3) is 0 Å². The highest BCUT2D eigenvalue weighted by atomic mass is 32.1. The zero-order valence-corrected chi connectivity index (χ0v) is 13.7. The summed E-state index contributed by atoms with van der Waals surface area (Å²) in [6.07, 6.45) is 4.52. The molecular formula is C19H22N2S. The van der Waals surface area contributed by atoms with Crippen molar-refractivity contribution < 1.29 is 0 Å². The van der Waals surface area contributed by atoms with Crippen molar-refractivity contribution in [3.63, 3.8) is 0 Å². The van der Waals surface area contributed by atoms with Gasteiger partial charge in [0, 0.05) is 5.69 Å². The number of nitrogens with one attached hydrogen (secondary N) is 2. The highest BCUT2D eigenvalue weighted by Crippen LogP contribution is 2.29. The first-order valence-electron chi connectivity index (χ1n) is 8.01. The van der Waals surface area contributed by atoms with Crippen molar-refractivity contribution in [1.29, 1.82) is 0 Å². The average Bonchev–Trinajstić information content (AvgIpc) is 2.55. The molecule has 2 aromatic carbocycles. The van der Waals surface area contributed by atoms with Crippen LogP contribution >= 0.6 is 12.2 Å². The molecule has 0 bridgehead atoms. The Morgan fingerprint density at radius 3 is 2.77 bits per heavy atom. The zero-order valence-electron chi connectivity index (χ0n) is 12.9. The second-order valence-electron chi connectivity index (χ2n) is 5.75. The van der Waals surface area contributed by atoms with E-state index in [4.69, 9.17) is 12.2 Å². The highest BCUT2D eigenvalue weighted by Gasteiger charge is 2.20. The van der Waals surface area contributed by atoms with E-state index in [0.29, 0.717) is 11.2 Å². The molecule has 3 rings (SSSR count). The minimum atomic E-state index is 0.318. The zero-order chi connectivity index (χ0) is 15.4. The fourth-order valence-electron chi connectivity index (χ4n) is 3.17. The molecule has 0 amide bonds. The van der Waals surface area contributed by atoms with Gasteiger partial charge in [-0.25, -0.2) is 0 Å². The minimum Gasteiger partial charge on any atom is -0.356 e. The van der Waals surface area contributed by atoms with Crippen LogP contribution in [0.2, 0.25) is 0 Å². The van der Waals surface area contributed by atoms with E-state index in [1.165, 1.54) is 29.5 Å². The van der Waals surface area contributed by atoms with E-state index >= 15 is 0 Å². The number of thiocarbonyl (C=S) groups is 1. The van der Waals surface area contributed by atoms with E-state index in [1.807, 2.05) is 6.07 Å². The van der Waals surface area contributed by atoms with Crippen molar-refractivity contribution in [1.82, 2.24) is 5.32 Å². The van der Waals surface area contributed by atoms with Gasteiger partial charge in [0.1, 0.15) is 0 Å². The summed E-state index contributed by atoms with van der Waals surface area (Å²) in [5.41, 5.74) is 5.23. The minimum absolute atomic E-state index is 0.318. The van der Waals surface area contributed by atoms with Crippen LogP contribution in [0.25, 0.3) is 0 Å². The van der Waals surface area contributed by atoms with Gasteiger partial charge in [0.2, 0.25) is 0 Å². The Hall–Kier alpha value is -1.87. The van der Waals surface area contributed by atoms with Crippen molar-refractivity contribution in [3.8, 4) is 0 Å². The van der Waals surface area contributed by atoms with Gasteiger partial charge in [-0.3, -0.25) is 0 Å². The molecule has 0 saturated heterocycles. The van der Waals surface area contributed by atoms with Gasteiger partial charge in [0.15, 0.2) is 5.11 Å². The predicted octanol–water partition coefficient (Wildman–Crippen LogP) is 4.61. The Bertz CT molecular complexity index is 666. The lowest BCUT2D eigenvalue weighted by Gasteiger charge is -2.27. The van der Waals surface area contributed by atoms with Crippen LogP contribution < -0.4 is 10.6 Å². The summed E-state index contributed by atoms with van der Waals surface area (Å²) in [4.78, 5) is 0. The van der Waals surface area contributed by atoms with E-state index < -0.39 is 0 Å². The van der Waals surface area contributed by atoms with E-state index in [1.54, 1.807) is 0 Å². The Kier molecular flexibility index (Phi) is 4.74. The van der Waals surface area contributed by atoms with Gasteiger partial charge in [0.05, 0.1) is 6.04 Å². The van der Waals surface area contributed by atoms with Gasteiger partial charge < -0.3 is 10.6 Å². The molecule has 2 N–H and O–H groups in total. The van der Waals surface area contributed by atoms with Crippen LogP contribution in [0.15, 0.2) is 48.5 Å². The third-order valence-electron chi connectivity index (χ3n) is 4.32. The second kappa shape index (κ2) is 6.93. The first-order chi connectivity index (χ1) is 10.8. The van der Waals surface area contributed by atoms with E-state index in [0.717, 1.165) is 18.5 Å². The van der Waals surface area contributed by atoms with E-state index in [2.05, 4.69) is 60.0 Å². The Morgan fingerprint density at radius 1 is 1.14 bits per heavy atom. The number of fused-ring (bicyclic) bond motifs is 1. The summed E-state index contributed by atoms with van der Waals surface area (Å²) in [5.74, 6) is 0. The van der Waals surface area contributed by atoms with Gasteiger partial charge in [-0.15, -0.1) is 0 Å². The standard InChI is InChI=1S/C19H22N2S/c1-2-14-8-4-6-12-17(14)20-19(22)21-18-13-7-10-15-9-3-5-11-16(15)18/h3-6,8-9,11-12,18H,2,7,10,13H2,1H3,(H2,20,21,22)/t18-/m1/s1. The normalized spacial score (nSPS) is 16.7. The summed E-state index contributed by atoms with van der Waals surface area (Å²) in [5, 5.41) is 7.57. The van der Waals surface area contributed by atoms with Crippen molar-refractivity contribution >= 4 is 23.0 Å². The number of aryl methyl sites for hydroxylation is 2. The van der Waals surface area contributed by atoms with Crippen molar-refractivity contribution in [2.45, 2.75) is 38.6 Å². The summed E-state index contributed by atoms with van der Waals surface area (Å²) in [6.45, 7) is 2.16. The molecular weight excluding hydrogens is 288 g/mol. The lowest BCUT2D eigenvalue weighted by atomic mass is 9.88. The first-order valence-corrected chi connectivity index (χ1v) is 8.42. The van der Waals surface area contributed by atoms with Crippen LogP contribution in [0, 0.1) is 0 Å². The monoisotopic (exact) mass is 310 g/mol. The van der Waals surface area contributed by atoms with Gasteiger partial charge >= 0.3 is 0 Å². The number of benzene rings is 2. The van der Waals surface area contributed by atoms with E-state index in [9.17, 15) is 0 Å². The molecule has 2 aromatic rings. The third-order valence-corrected chi connectivity index (χ3v) is 4.54. The molecule has 0 heterocycles. The lowest BCUT2D eigenvalue weighted by Crippen LogP contribution is -2.34. The largest absolute Gasteiger partial charge is 0.356 e. The van der Waals surface area contributed by atoms with Gasteiger partial charge in [-0.2, -0.15) is 0 Å². The fourth-order valence-corrected chi connectivity index (χ4v) is 3.42. The number of hydrogen-bond donors (Lipinski definition) is 2. The Labute approximate surface area is 137 Å². The van der Waals surface area contributed by atoms with Crippen LogP contribution in [0.5, 0.6) is 0 Å².